The normalized spacial score (nSPS) is 11.7. The molecule has 1 unspecified atom stereocenters. The quantitative estimate of drug-likeness (QED) is 0.826. The fourth-order valence-electron chi connectivity index (χ4n) is 2.05. The molecule has 4 heteroatoms. The van der Waals surface area contributed by atoms with Crippen LogP contribution < -0.4 is 10.6 Å². The van der Waals surface area contributed by atoms with E-state index < -0.39 is 6.09 Å². The van der Waals surface area contributed by atoms with Gasteiger partial charge in [0.05, 0.1) is 0 Å². The zero-order valence-corrected chi connectivity index (χ0v) is 12.8. The topological polar surface area (TPSA) is 50.4 Å². The smallest absolute Gasteiger partial charge is 0.407 e. The van der Waals surface area contributed by atoms with Crippen LogP contribution in [0.4, 0.5) is 4.79 Å². The molecule has 2 aromatic carbocycles. The molecular weight excluding hydrogens is 276 g/mol. The van der Waals surface area contributed by atoms with Gasteiger partial charge in [-0.05, 0) is 18.1 Å². The van der Waals surface area contributed by atoms with Crippen molar-refractivity contribution in [2.45, 2.75) is 26.1 Å². The van der Waals surface area contributed by atoms with Gasteiger partial charge in [0.25, 0.3) is 0 Å². The molecule has 0 fully saturated rings. The van der Waals surface area contributed by atoms with Crippen molar-refractivity contribution < 1.29 is 9.53 Å². The minimum absolute atomic E-state index is 0.00647. The second-order valence-electron chi connectivity index (χ2n) is 5.22. The number of rotatable bonds is 7. The van der Waals surface area contributed by atoms with Crippen molar-refractivity contribution in [3.05, 3.63) is 71.8 Å². The molecule has 0 bridgehead atoms. The van der Waals surface area contributed by atoms with Crippen molar-refractivity contribution in [3.63, 3.8) is 0 Å². The van der Waals surface area contributed by atoms with Gasteiger partial charge in [0, 0.05) is 19.1 Å². The first-order chi connectivity index (χ1) is 10.7. The first-order valence-electron chi connectivity index (χ1n) is 7.46. The lowest BCUT2D eigenvalue weighted by Gasteiger charge is -2.15. The summed E-state index contributed by atoms with van der Waals surface area (Å²) in [6, 6.07) is 19.8. The van der Waals surface area contributed by atoms with Crippen LogP contribution in [0.25, 0.3) is 0 Å². The third kappa shape index (κ3) is 5.97. The van der Waals surface area contributed by atoms with E-state index in [9.17, 15) is 4.79 Å². The van der Waals surface area contributed by atoms with Gasteiger partial charge in [0.15, 0.2) is 0 Å². The molecule has 22 heavy (non-hydrogen) atoms. The van der Waals surface area contributed by atoms with E-state index in [0.29, 0.717) is 6.54 Å². The molecule has 0 aliphatic heterocycles. The van der Waals surface area contributed by atoms with Gasteiger partial charge in [-0.1, -0.05) is 60.7 Å². The van der Waals surface area contributed by atoms with E-state index in [4.69, 9.17) is 4.74 Å². The molecule has 1 atom stereocenters. The van der Waals surface area contributed by atoms with Gasteiger partial charge < -0.3 is 15.4 Å². The zero-order chi connectivity index (χ0) is 15.6. The maximum Gasteiger partial charge on any atom is 0.407 e. The number of hydrogen-bond acceptors (Lipinski definition) is 3. The zero-order valence-electron chi connectivity index (χ0n) is 12.8. The molecular formula is C18H22N2O2. The summed E-state index contributed by atoms with van der Waals surface area (Å²) in [4.78, 5) is 11.7. The van der Waals surface area contributed by atoms with E-state index in [1.807, 2.05) is 55.5 Å². The van der Waals surface area contributed by atoms with Crippen LogP contribution in [0, 0.1) is 0 Å². The fraction of sp³-hybridized carbons (Fsp3) is 0.278. The first kappa shape index (κ1) is 16.0. The molecule has 2 aromatic rings. The minimum atomic E-state index is -0.391. The molecule has 0 spiro atoms. The number of carbonyl (C=O) groups is 1. The predicted molar refractivity (Wildman–Crippen MR) is 87.4 cm³/mol. The average Bonchev–Trinajstić information content (AvgIpc) is 2.55. The van der Waals surface area contributed by atoms with Crippen molar-refractivity contribution in [1.82, 2.24) is 10.6 Å². The summed E-state index contributed by atoms with van der Waals surface area (Å²) in [6.45, 7) is 3.71. The lowest BCUT2D eigenvalue weighted by molar-refractivity contribution is 0.136. The molecule has 116 valence electrons. The van der Waals surface area contributed by atoms with Gasteiger partial charge in [0.1, 0.15) is 6.61 Å². The van der Waals surface area contributed by atoms with E-state index in [1.54, 1.807) is 0 Å². The van der Waals surface area contributed by atoms with Crippen LogP contribution in [-0.2, 0) is 17.9 Å². The largest absolute Gasteiger partial charge is 0.445 e. The highest BCUT2D eigenvalue weighted by atomic mass is 16.5. The Labute approximate surface area is 131 Å². The Morgan fingerprint density at radius 3 is 2.23 bits per heavy atom. The molecule has 0 aliphatic rings. The summed E-state index contributed by atoms with van der Waals surface area (Å²) in [7, 11) is 0. The van der Waals surface area contributed by atoms with Crippen LogP contribution in [0.15, 0.2) is 60.7 Å². The van der Waals surface area contributed by atoms with E-state index in [2.05, 4.69) is 22.8 Å². The Balaban J connectivity index is 1.62. The fourth-order valence-corrected chi connectivity index (χ4v) is 2.05. The van der Waals surface area contributed by atoms with Crippen molar-refractivity contribution in [3.8, 4) is 0 Å². The number of benzene rings is 2. The summed E-state index contributed by atoms with van der Waals surface area (Å²) in [5, 5.41) is 6.12. The van der Waals surface area contributed by atoms with Gasteiger partial charge >= 0.3 is 6.09 Å². The van der Waals surface area contributed by atoms with Gasteiger partial charge in [-0.25, -0.2) is 4.79 Å². The van der Waals surface area contributed by atoms with Crippen LogP contribution in [0.1, 0.15) is 18.1 Å². The maximum atomic E-state index is 11.7. The monoisotopic (exact) mass is 298 g/mol. The first-order valence-corrected chi connectivity index (χ1v) is 7.46. The van der Waals surface area contributed by atoms with E-state index in [-0.39, 0.29) is 12.6 Å². The lowest BCUT2D eigenvalue weighted by Crippen LogP contribution is -2.40. The number of amides is 1. The highest BCUT2D eigenvalue weighted by Crippen LogP contribution is 2.01. The van der Waals surface area contributed by atoms with Crippen molar-refractivity contribution in [2.75, 3.05) is 6.54 Å². The number of hydrogen-bond donors (Lipinski definition) is 2. The summed E-state index contributed by atoms with van der Waals surface area (Å²) in [6.07, 6.45) is -0.391. The SMILES string of the molecule is CC(CNCc1ccccc1)NC(=O)OCc1ccccc1. The molecule has 0 heterocycles. The Hall–Kier alpha value is -2.33. The molecule has 1 amide bonds. The molecule has 4 nitrogen and oxygen atoms in total. The van der Waals surface area contributed by atoms with Gasteiger partial charge in [-0.15, -0.1) is 0 Å². The van der Waals surface area contributed by atoms with Crippen LogP contribution in [0.2, 0.25) is 0 Å². The highest BCUT2D eigenvalue weighted by molar-refractivity contribution is 5.67. The number of ether oxygens (including phenoxy) is 1. The molecule has 0 aromatic heterocycles. The van der Waals surface area contributed by atoms with Crippen molar-refractivity contribution >= 4 is 6.09 Å². The van der Waals surface area contributed by atoms with Crippen molar-refractivity contribution in [2.24, 2.45) is 0 Å². The summed E-state index contributed by atoms with van der Waals surface area (Å²) in [5.74, 6) is 0. The molecule has 0 saturated carbocycles. The summed E-state index contributed by atoms with van der Waals surface area (Å²) < 4.78 is 5.19. The molecule has 0 radical (unpaired) electrons. The maximum absolute atomic E-state index is 11.7. The third-order valence-corrected chi connectivity index (χ3v) is 3.20. The second-order valence-corrected chi connectivity index (χ2v) is 5.22. The van der Waals surface area contributed by atoms with Gasteiger partial charge in [-0.2, -0.15) is 0 Å². The Bertz CT molecular complexity index is 558. The van der Waals surface area contributed by atoms with Crippen LogP contribution in [0.5, 0.6) is 0 Å². The van der Waals surface area contributed by atoms with Crippen LogP contribution in [-0.4, -0.2) is 18.7 Å². The number of nitrogens with one attached hydrogen (secondary N) is 2. The Morgan fingerprint density at radius 2 is 1.59 bits per heavy atom. The summed E-state index contributed by atoms with van der Waals surface area (Å²) in [5.41, 5.74) is 2.20. The minimum Gasteiger partial charge on any atom is -0.445 e. The second kappa shape index (κ2) is 8.85. The number of carbonyl (C=O) groups excluding carboxylic acids is 1. The van der Waals surface area contributed by atoms with Crippen molar-refractivity contribution in [1.29, 1.82) is 0 Å². The van der Waals surface area contributed by atoms with Crippen LogP contribution in [0.3, 0.4) is 0 Å². The van der Waals surface area contributed by atoms with E-state index in [0.717, 1.165) is 12.1 Å². The standard InChI is InChI=1S/C18H22N2O2/c1-15(12-19-13-16-8-4-2-5-9-16)20-18(21)22-14-17-10-6-3-7-11-17/h2-11,15,19H,12-14H2,1H3,(H,20,21). The Morgan fingerprint density at radius 1 is 1.00 bits per heavy atom. The Kier molecular flexibility index (Phi) is 6.45. The van der Waals surface area contributed by atoms with Gasteiger partial charge in [0.2, 0.25) is 0 Å². The molecule has 0 saturated heterocycles. The highest BCUT2D eigenvalue weighted by Gasteiger charge is 2.08. The van der Waals surface area contributed by atoms with Gasteiger partial charge in [-0.3, -0.25) is 0 Å². The third-order valence-electron chi connectivity index (χ3n) is 3.20. The molecule has 2 N–H and O–H groups in total. The molecule has 0 aliphatic carbocycles. The predicted octanol–water partition coefficient (Wildman–Crippen LogP) is 3.09. The molecule has 2 rings (SSSR count). The lowest BCUT2D eigenvalue weighted by atomic mass is 10.2. The van der Waals surface area contributed by atoms with E-state index >= 15 is 0 Å². The van der Waals surface area contributed by atoms with Crippen LogP contribution >= 0.6 is 0 Å². The number of alkyl carbamates (subject to hydrolysis) is 1. The van der Waals surface area contributed by atoms with E-state index in [1.165, 1.54) is 5.56 Å². The average molecular weight is 298 g/mol. The summed E-state index contributed by atoms with van der Waals surface area (Å²) >= 11 is 0.